The lowest BCUT2D eigenvalue weighted by Crippen LogP contribution is -2.59. The zero-order valence-corrected chi connectivity index (χ0v) is 27.3. The van der Waals surface area contributed by atoms with Crippen molar-refractivity contribution < 1.29 is 24.2 Å². The highest BCUT2D eigenvalue weighted by Gasteiger charge is 2.77. The van der Waals surface area contributed by atoms with Crippen LogP contribution in [0.3, 0.4) is 0 Å². The predicted octanol–water partition coefficient (Wildman–Crippen LogP) is 4.93. The molecule has 8 nitrogen and oxygen atoms in total. The number of thioether (sulfide) groups is 1. The molecular weight excluding hydrogens is 586 g/mol. The molecule has 0 aliphatic carbocycles. The van der Waals surface area contributed by atoms with Crippen LogP contribution in [0.4, 0.5) is 5.69 Å². The summed E-state index contributed by atoms with van der Waals surface area (Å²) in [4.78, 5) is 49.2. The molecule has 2 bridgehead atoms. The number of carbonyl (C=O) groups is 3. The van der Waals surface area contributed by atoms with Gasteiger partial charge in [0.15, 0.2) is 0 Å². The number of aliphatic hydroxyl groups is 1. The van der Waals surface area contributed by atoms with E-state index in [1.807, 2.05) is 68.4 Å². The van der Waals surface area contributed by atoms with Crippen LogP contribution in [0, 0.1) is 17.8 Å². The molecule has 9 heteroatoms. The number of ether oxygens (including phenoxy) is 1. The van der Waals surface area contributed by atoms with Crippen molar-refractivity contribution >= 4 is 35.2 Å². The van der Waals surface area contributed by atoms with Gasteiger partial charge in [0.1, 0.15) is 11.8 Å². The molecule has 240 valence electrons. The van der Waals surface area contributed by atoms with Gasteiger partial charge in [0.05, 0.1) is 35.8 Å². The quantitative estimate of drug-likeness (QED) is 0.298. The van der Waals surface area contributed by atoms with E-state index in [9.17, 15) is 19.5 Å². The number of nitrogens with zero attached hydrogens (tertiary/aromatic N) is 3. The summed E-state index contributed by atoms with van der Waals surface area (Å²) in [7, 11) is 0. The number of aliphatic hydroxyl groups excluding tert-OH is 1. The number of hydrogen-bond acceptors (Lipinski definition) is 6. The molecule has 3 saturated heterocycles. The molecule has 0 radical (unpaired) electrons. The van der Waals surface area contributed by atoms with Gasteiger partial charge in [-0.25, -0.2) is 0 Å². The summed E-state index contributed by atoms with van der Waals surface area (Å²) in [5, 5.41) is 10.4. The summed E-state index contributed by atoms with van der Waals surface area (Å²) in [6, 6.07) is 15.8. The Kier molecular flexibility index (Phi) is 10.1. The van der Waals surface area contributed by atoms with Crippen LogP contribution in [0.2, 0.25) is 0 Å². The number of hydrogen-bond donors (Lipinski definition) is 1. The lowest BCUT2D eigenvalue weighted by Gasteiger charge is -2.42. The normalized spacial score (nSPS) is 27.2. The van der Waals surface area contributed by atoms with Crippen molar-refractivity contribution in [2.24, 2.45) is 17.8 Å². The van der Waals surface area contributed by atoms with Gasteiger partial charge in [-0.05, 0) is 55.5 Å². The third-order valence-electron chi connectivity index (χ3n) is 9.69. The van der Waals surface area contributed by atoms with E-state index >= 15 is 0 Å². The fourth-order valence-electron chi connectivity index (χ4n) is 7.71. The molecule has 45 heavy (non-hydrogen) atoms. The number of fused-ring (bicyclic) bond motifs is 1. The second-order valence-electron chi connectivity index (χ2n) is 12.2. The average Bonchev–Trinajstić information content (AvgIpc) is 3.64. The first-order valence-electron chi connectivity index (χ1n) is 16.0. The van der Waals surface area contributed by atoms with E-state index in [0.29, 0.717) is 37.6 Å². The first-order chi connectivity index (χ1) is 21.8. The second-order valence-corrected chi connectivity index (χ2v) is 13.7. The van der Waals surface area contributed by atoms with Gasteiger partial charge >= 0.3 is 0 Å². The molecule has 3 aliphatic heterocycles. The van der Waals surface area contributed by atoms with E-state index in [1.165, 1.54) is 0 Å². The van der Waals surface area contributed by atoms with Crippen molar-refractivity contribution in [1.29, 1.82) is 0 Å². The largest absolute Gasteiger partial charge is 0.494 e. The Bertz CT molecular complexity index is 1400. The Morgan fingerprint density at radius 2 is 1.78 bits per heavy atom. The zero-order chi connectivity index (χ0) is 32.3. The molecule has 7 atom stereocenters. The SMILES string of the molecule is C=CCN(Cc1ccccc1)C(=O)C1N([C@@H](CC)CO)C(=O)[C@@H]2[C@@H](C(=O)N(CC=C)c3ccc(OCC)cc3)[C@H]3CC(C)C12S3. The Hall–Kier alpha value is -3.56. The molecule has 0 saturated carbocycles. The lowest BCUT2D eigenvalue weighted by atomic mass is 9.65. The maximum absolute atomic E-state index is 14.8. The molecular formula is C36H45N3O5S. The Labute approximate surface area is 271 Å². The second kappa shape index (κ2) is 13.8. The predicted molar refractivity (Wildman–Crippen MR) is 179 cm³/mol. The summed E-state index contributed by atoms with van der Waals surface area (Å²) < 4.78 is 4.81. The highest BCUT2D eigenvalue weighted by atomic mass is 32.2. The number of likely N-dealkylation sites (tertiary alicyclic amines) is 1. The monoisotopic (exact) mass is 631 g/mol. The van der Waals surface area contributed by atoms with E-state index in [0.717, 1.165) is 12.0 Å². The van der Waals surface area contributed by atoms with Gasteiger partial charge in [0.25, 0.3) is 0 Å². The van der Waals surface area contributed by atoms with Gasteiger partial charge in [-0.2, -0.15) is 0 Å². The molecule has 3 heterocycles. The molecule has 3 fully saturated rings. The van der Waals surface area contributed by atoms with Gasteiger partial charge in [0.2, 0.25) is 17.7 Å². The van der Waals surface area contributed by atoms with Gasteiger partial charge in [0, 0.05) is 30.6 Å². The van der Waals surface area contributed by atoms with Crippen LogP contribution in [-0.4, -0.2) is 81.0 Å². The van der Waals surface area contributed by atoms with Crippen LogP contribution in [-0.2, 0) is 20.9 Å². The van der Waals surface area contributed by atoms with Crippen molar-refractivity contribution in [2.45, 2.75) is 62.2 Å². The van der Waals surface area contributed by atoms with Crippen molar-refractivity contribution in [3.63, 3.8) is 0 Å². The molecule has 1 N–H and O–H groups in total. The Balaban J connectivity index is 1.56. The third kappa shape index (κ3) is 5.69. The van der Waals surface area contributed by atoms with Crippen LogP contribution in [0.15, 0.2) is 79.9 Å². The average molecular weight is 632 g/mol. The van der Waals surface area contributed by atoms with E-state index in [2.05, 4.69) is 20.1 Å². The maximum atomic E-state index is 14.8. The fraction of sp³-hybridized carbons (Fsp3) is 0.472. The van der Waals surface area contributed by atoms with Crippen LogP contribution >= 0.6 is 11.8 Å². The summed E-state index contributed by atoms with van der Waals surface area (Å²) >= 11 is 1.65. The number of carbonyl (C=O) groups excluding carboxylic acids is 3. The minimum absolute atomic E-state index is 0.0151. The Morgan fingerprint density at radius 3 is 2.38 bits per heavy atom. The number of rotatable bonds is 14. The van der Waals surface area contributed by atoms with Crippen LogP contribution in [0.1, 0.15) is 39.2 Å². The highest BCUT2D eigenvalue weighted by molar-refractivity contribution is 8.02. The molecule has 0 aromatic heterocycles. The van der Waals surface area contributed by atoms with E-state index in [4.69, 9.17) is 4.74 Å². The molecule has 3 aliphatic rings. The molecule has 1 spiro atoms. The van der Waals surface area contributed by atoms with Gasteiger partial charge in [-0.15, -0.1) is 24.9 Å². The molecule has 2 aromatic rings. The summed E-state index contributed by atoms with van der Waals surface area (Å²) in [5.41, 5.74) is 1.68. The van der Waals surface area contributed by atoms with Gasteiger partial charge in [-0.3, -0.25) is 14.4 Å². The first-order valence-corrected chi connectivity index (χ1v) is 16.8. The molecule has 5 rings (SSSR count). The third-order valence-corrected chi connectivity index (χ3v) is 11.8. The van der Waals surface area contributed by atoms with E-state index in [1.54, 1.807) is 38.6 Å². The van der Waals surface area contributed by atoms with Crippen LogP contribution in [0.25, 0.3) is 0 Å². The van der Waals surface area contributed by atoms with E-state index < -0.39 is 28.7 Å². The summed E-state index contributed by atoms with van der Waals surface area (Å²) in [6.07, 6.45) is 4.62. The lowest BCUT2D eigenvalue weighted by molar-refractivity contribution is -0.146. The van der Waals surface area contributed by atoms with Gasteiger partial charge in [-0.1, -0.05) is 56.3 Å². The first kappa shape index (κ1) is 32.8. The zero-order valence-electron chi connectivity index (χ0n) is 26.5. The summed E-state index contributed by atoms with van der Waals surface area (Å²) in [6.45, 7) is 15.0. The van der Waals surface area contributed by atoms with Crippen LogP contribution < -0.4 is 9.64 Å². The van der Waals surface area contributed by atoms with E-state index in [-0.39, 0.29) is 42.0 Å². The molecule has 2 aromatic carbocycles. The molecule has 3 unspecified atom stereocenters. The van der Waals surface area contributed by atoms with Crippen molar-refractivity contribution in [3.8, 4) is 5.75 Å². The number of anilines is 1. The highest BCUT2D eigenvalue weighted by Crippen LogP contribution is 2.69. The Morgan fingerprint density at radius 1 is 1.09 bits per heavy atom. The number of benzene rings is 2. The maximum Gasteiger partial charge on any atom is 0.247 e. The minimum Gasteiger partial charge on any atom is -0.494 e. The topological polar surface area (TPSA) is 90.4 Å². The van der Waals surface area contributed by atoms with Crippen LogP contribution in [0.5, 0.6) is 5.75 Å². The number of amides is 3. The standard InChI is InChI=1S/C36H45N3O5S/c1-6-19-37(22-25-13-11-10-12-14-25)35(43)32-36-24(5)21-29(45-36)30(31(36)34(42)39(32)26(8-3)23-40)33(41)38(20-7-2)27-15-17-28(18-16-27)44-9-4/h6-7,10-18,24,26,29-32,40H,1-2,8-9,19-23H2,3-5H3/t24?,26-,29+,30-,31-,32?,36?/m0/s1. The van der Waals surface area contributed by atoms with Crippen molar-refractivity contribution in [1.82, 2.24) is 9.80 Å². The fourth-order valence-corrected chi connectivity index (χ4v) is 10.1. The van der Waals surface area contributed by atoms with Crippen molar-refractivity contribution in [3.05, 3.63) is 85.5 Å². The smallest absolute Gasteiger partial charge is 0.247 e. The minimum atomic E-state index is -0.808. The van der Waals surface area contributed by atoms with Gasteiger partial charge < -0.3 is 24.5 Å². The molecule has 3 amide bonds. The summed E-state index contributed by atoms with van der Waals surface area (Å²) in [5.74, 6) is -1.07. The van der Waals surface area contributed by atoms with Crippen molar-refractivity contribution in [2.75, 3.05) is 31.2 Å².